The molecule has 1 amide bonds. The molecule has 2 aromatic rings. The van der Waals surface area contributed by atoms with E-state index in [0.717, 1.165) is 41.4 Å². The van der Waals surface area contributed by atoms with E-state index in [4.69, 9.17) is 5.41 Å². The van der Waals surface area contributed by atoms with E-state index in [1.54, 1.807) is 24.0 Å². The van der Waals surface area contributed by atoms with Crippen LogP contribution in [0.15, 0.2) is 59.8 Å². The van der Waals surface area contributed by atoms with Gasteiger partial charge in [-0.1, -0.05) is 30.3 Å². The van der Waals surface area contributed by atoms with Crippen molar-refractivity contribution in [3.8, 4) is 11.1 Å². The van der Waals surface area contributed by atoms with Crippen molar-refractivity contribution in [3.63, 3.8) is 0 Å². The lowest BCUT2D eigenvalue weighted by Crippen LogP contribution is -2.41. The lowest BCUT2D eigenvalue weighted by molar-refractivity contribution is -0.128. The predicted molar refractivity (Wildman–Crippen MR) is 118 cm³/mol. The summed E-state index contributed by atoms with van der Waals surface area (Å²) in [6, 6.07) is 14.1. The van der Waals surface area contributed by atoms with Crippen LogP contribution in [0.25, 0.3) is 11.1 Å². The van der Waals surface area contributed by atoms with Crippen LogP contribution in [0.4, 0.5) is 10.1 Å². The van der Waals surface area contributed by atoms with E-state index >= 15 is 0 Å². The highest BCUT2D eigenvalue weighted by Gasteiger charge is 2.26. The average Bonchev–Trinajstić information content (AvgIpc) is 3.57. The minimum atomic E-state index is -0.275. The van der Waals surface area contributed by atoms with E-state index in [1.807, 2.05) is 30.3 Å². The van der Waals surface area contributed by atoms with Crippen LogP contribution in [-0.2, 0) is 4.79 Å². The van der Waals surface area contributed by atoms with Crippen LogP contribution in [0, 0.1) is 17.1 Å². The van der Waals surface area contributed by atoms with Gasteiger partial charge in [-0.05, 0) is 42.5 Å². The van der Waals surface area contributed by atoms with Gasteiger partial charge < -0.3 is 15.5 Å². The SMILES string of the molecule is CC(=O)N1CCC(NCC2CC2)=C(C(=N)Nc2cccc(-c3ccccc3F)c2)C1. The Morgan fingerprint density at radius 3 is 2.73 bits per heavy atom. The highest BCUT2D eigenvalue weighted by molar-refractivity contribution is 6.07. The van der Waals surface area contributed by atoms with Crippen molar-refractivity contribution >= 4 is 17.4 Å². The molecule has 0 bridgehead atoms. The molecule has 0 spiro atoms. The summed E-state index contributed by atoms with van der Waals surface area (Å²) in [4.78, 5) is 13.7. The van der Waals surface area contributed by atoms with Gasteiger partial charge in [0.15, 0.2) is 0 Å². The van der Waals surface area contributed by atoms with E-state index in [9.17, 15) is 9.18 Å². The van der Waals surface area contributed by atoms with Crippen LogP contribution in [0.5, 0.6) is 0 Å². The molecule has 1 saturated carbocycles. The summed E-state index contributed by atoms with van der Waals surface area (Å²) < 4.78 is 14.2. The fourth-order valence-electron chi connectivity index (χ4n) is 3.73. The van der Waals surface area contributed by atoms with Crippen LogP contribution in [0.1, 0.15) is 26.2 Å². The van der Waals surface area contributed by atoms with Crippen LogP contribution in [-0.4, -0.2) is 36.3 Å². The first-order valence-corrected chi connectivity index (χ1v) is 10.4. The van der Waals surface area contributed by atoms with E-state index in [2.05, 4.69) is 10.6 Å². The zero-order valence-corrected chi connectivity index (χ0v) is 17.2. The summed E-state index contributed by atoms with van der Waals surface area (Å²) in [5.74, 6) is 0.737. The maximum Gasteiger partial charge on any atom is 0.219 e. The number of hydrogen-bond acceptors (Lipinski definition) is 3. The highest BCUT2D eigenvalue weighted by atomic mass is 19.1. The molecule has 5 nitrogen and oxygen atoms in total. The van der Waals surface area contributed by atoms with Crippen molar-refractivity contribution in [2.24, 2.45) is 5.92 Å². The maximum atomic E-state index is 14.2. The van der Waals surface area contributed by atoms with Gasteiger partial charge in [-0.25, -0.2) is 4.39 Å². The Morgan fingerprint density at radius 2 is 2.00 bits per heavy atom. The second-order valence-electron chi connectivity index (χ2n) is 8.03. The summed E-state index contributed by atoms with van der Waals surface area (Å²) in [6.45, 7) is 3.58. The number of amidine groups is 1. The smallest absolute Gasteiger partial charge is 0.219 e. The van der Waals surface area contributed by atoms with Crippen LogP contribution >= 0.6 is 0 Å². The normalized spacial score (nSPS) is 16.4. The molecule has 0 atom stereocenters. The lowest BCUT2D eigenvalue weighted by Gasteiger charge is -2.31. The molecule has 0 unspecified atom stereocenters. The van der Waals surface area contributed by atoms with E-state index < -0.39 is 0 Å². The van der Waals surface area contributed by atoms with Crippen molar-refractivity contribution in [1.29, 1.82) is 5.41 Å². The Hall–Kier alpha value is -3.15. The number of halogens is 1. The summed E-state index contributed by atoms with van der Waals surface area (Å²) in [6.07, 6.45) is 3.24. The van der Waals surface area contributed by atoms with Crippen molar-refractivity contribution in [1.82, 2.24) is 10.2 Å². The molecule has 1 heterocycles. The molecule has 0 aromatic heterocycles. The molecule has 0 saturated heterocycles. The first kappa shape index (κ1) is 20.1. The molecule has 30 heavy (non-hydrogen) atoms. The molecule has 1 aliphatic carbocycles. The molecule has 1 fully saturated rings. The number of nitrogens with one attached hydrogen (secondary N) is 3. The van der Waals surface area contributed by atoms with Gasteiger partial charge in [-0.15, -0.1) is 0 Å². The zero-order chi connectivity index (χ0) is 21.1. The molecule has 6 heteroatoms. The molecule has 3 N–H and O–H groups in total. The molecular formula is C24H27FN4O. The van der Waals surface area contributed by atoms with Crippen molar-refractivity contribution in [2.75, 3.05) is 25.0 Å². The quantitative estimate of drug-likeness (QED) is 0.492. The molecule has 4 rings (SSSR count). The van der Waals surface area contributed by atoms with Gasteiger partial charge in [-0.3, -0.25) is 10.2 Å². The Kier molecular flexibility index (Phi) is 5.84. The van der Waals surface area contributed by atoms with Crippen molar-refractivity contribution < 1.29 is 9.18 Å². The van der Waals surface area contributed by atoms with E-state index in [0.29, 0.717) is 18.7 Å². The minimum Gasteiger partial charge on any atom is -0.388 e. The molecule has 0 radical (unpaired) electrons. The average molecular weight is 407 g/mol. The summed E-state index contributed by atoms with van der Waals surface area (Å²) in [5, 5.41) is 15.4. The summed E-state index contributed by atoms with van der Waals surface area (Å²) >= 11 is 0. The monoisotopic (exact) mass is 406 g/mol. The zero-order valence-electron chi connectivity index (χ0n) is 17.2. The third-order valence-corrected chi connectivity index (χ3v) is 5.71. The lowest BCUT2D eigenvalue weighted by atomic mass is 10.0. The Bertz CT molecular complexity index is 996. The van der Waals surface area contributed by atoms with Gasteiger partial charge in [-0.2, -0.15) is 0 Å². The highest BCUT2D eigenvalue weighted by Crippen LogP contribution is 2.29. The first-order valence-electron chi connectivity index (χ1n) is 10.4. The third kappa shape index (κ3) is 4.70. The van der Waals surface area contributed by atoms with Crippen LogP contribution < -0.4 is 10.6 Å². The second-order valence-corrected chi connectivity index (χ2v) is 8.03. The number of nitrogens with zero attached hydrogens (tertiary/aromatic N) is 1. The predicted octanol–water partition coefficient (Wildman–Crippen LogP) is 4.39. The van der Waals surface area contributed by atoms with Gasteiger partial charge >= 0.3 is 0 Å². The standard InChI is InChI=1S/C24H27FN4O/c1-16(30)29-12-11-23(27-14-17-9-10-17)21(15-29)24(26)28-19-6-4-5-18(13-19)20-7-2-3-8-22(20)25/h2-8,13,17,27H,9-12,14-15H2,1H3,(H2,26,28). The molecule has 2 aromatic carbocycles. The number of benzene rings is 2. The maximum absolute atomic E-state index is 14.2. The number of amides is 1. The number of anilines is 1. The minimum absolute atomic E-state index is 0.0168. The van der Waals surface area contributed by atoms with Crippen molar-refractivity contribution in [3.05, 3.63) is 65.6 Å². The summed E-state index contributed by atoms with van der Waals surface area (Å²) in [7, 11) is 0. The van der Waals surface area contributed by atoms with E-state index in [-0.39, 0.29) is 17.6 Å². The second kappa shape index (κ2) is 8.69. The Balaban J connectivity index is 1.55. The Morgan fingerprint density at radius 1 is 1.20 bits per heavy atom. The largest absolute Gasteiger partial charge is 0.388 e. The van der Waals surface area contributed by atoms with Gasteiger partial charge in [0.25, 0.3) is 0 Å². The van der Waals surface area contributed by atoms with E-state index in [1.165, 1.54) is 18.9 Å². The molecular weight excluding hydrogens is 379 g/mol. The number of carbonyl (C=O) groups excluding carboxylic acids is 1. The fourth-order valence-corrected chi connectivity index (χ4v) is 3.73. The fraction of sp³-hybridized carbons (Fsp3) is 0.333. The molecule has 1 aliphatic heterocycles. The van der Waals surface area contributed by atoms with Crippen LogP contribution in [0.2, 0.25) is 0 Å². The van der Waals surface area contributed by atoms with Crippen molar-refractivity contribution in [2.45, 2.75) is 26.2 Å². The Labute approximate surface area is 176 Å². The molecule has 2 aliphatic rings. The topological polar surface area (TPSA) is 68.2 Å². The number of hydrogen-bond donors (Lipinski definition) is 3. The number of carbonyl (C=O) groups is 1. The number of rotatable bonds is 6. The van der Waals surface area contributed by atoms with Gasteiger partial charge in [0, 0.05) is 49.0 Å². The third-order valence-electron chi connectivity index (χ3n) is 5.71. The van der Waals surface area contributed by atoms with Crippen LogP contribution in [0.3, 0.4) is 0 Å². The molecule has 156 valence electrons. The van der Waals surface area contributed by atoms with Gasteiger partial charge in [0.1, 0.15) is 11.7 Å². The summed E-state index contributed by atoms with van der Waals surface area (Å²) in [5.41, 5.74) is 3.85. The van der Waals surface area contributed by atoms with Gasteiger partial charge in [0.05, 0.1) is 6.54 Å². The first-order chi connectivity index (χ1) is 14.5. The van der Waals surface area contributed by atoms with Gasteiger partial charge in [0.2, 0.25) is 5.91 Å².